The van der Waals surface area contributed by atoms with Crippen LogP contribution in [0.15, 0.2) is 36.5 Å². The van der Waals surface area contributed by atoms with Gasteiger partial charge in [0.2, 0.25) is 11.9 Å². The lowest BCUT2D eigenvalue weighted by atomic mass is 10.1. The Labute approximate surface area is 204 Å². The number of rotatable bonds is 6. The zero-order valence-electron chi connectivity index (χ0n) is 19.6. The number of aryl methyl sites for hydroxylation is 1. The molecular weight excluding hydrogens is 480 g/mol. The topological polar surface area (TPSA) is 99.2 Å². The van der Waals surface area contributed by atoms with Crippen LogP contribution in [0.1, 0.15) is 28.7 Å². The molecule has 0 bridgehead atoms. The fraction of sp³-hybridized carbons (Fsp3) is 0.348. The van der Waals surface area contributed by atoms with Gasteiger partial charge in [0.1, 0.15) is 17.5 Å². The van der Waals surface area contributed by atoms with Gasteiger partial charge in [0.25, 0.3) is 5.91 Å². The number of nitrogens with zero attached hydrogens (tertiary/aromatic N) is 6. The van der Waals surface area contributed by atoms with Crippen LogP contribution >= 0.6 is 0 Å². The number of benzene rings is 1. The maximum absolute atomic E-state index is 14.3. The van der Waals surface area contributed by atoms with Crippen molar-refractivity contribution in [3.63, 3.8) is 0 Å². The average molecular weight is 504 g/mol. The van der Waals surface area contributed by atoms with Gasteiger partial charge in [-0.2, -0.15) is 28.1 Å². The van der Waals surface area contributed by atoms with E-state index in [-0.39, 0.29) is 17.3 Å². The van der Waals surface area contributed by atoms with E-state index in [0.29, 0.717) is 24.3 Å². The SMILES string of the molecule is CCc1nc(Nc2ncccc2C(=O)Nc2c(F)cccc2C(F)(F)F)nc(N2CCN(C)CC2)n1. The van der Waals surface area contributed by atoms with Gasteiger partial charge < -0.3 is 20.4 Å². The molecule has 0 unspecified atom stereocenters. The van der Waals surface area contributed by atoms with Crippen molar-refractivity contribution in [1.29, 1.82) is 0 Å². The molecule has 2 N–H and O–H groups in total. The van der Waals surface area contributed by atoms with Gasteiger partial charge in [-0.3, -0.25) is 4.79 Å². The molecule has 1 aromatic carbocycles. The quantitative estimate of drug-likeness (QED) is 0.490. The number of anilines is 4. The Morgan fingerprint density at radius 3 is 2.50 bits per heavy atom. The van der Waals surface area contributed by atoms with Gasteiger partial charge in [0.15, 0.2) is 0 Å². The van der Waals surface area contributed by atoms with E-state index in [9.17, 15) is 22.4 Å². The zero-order valence-corrected chi connectivity index (χ0v) is 19.6. The van der Waals surface area contributed by atoms with E-state index < -0.39 is 29.2 Å². The number of carbonyl (C=O) groups excluding carboxylic acids is 1. The molecule has 0 saturated carbocycles. The van der Waals surface area contributed by atoms with Crippen molar-refractivity contribution in [2.45, 2.75) is 19.5 Å². The van der Waals surface area contributed by atoms with Crippen molar-refractivity contribution in [2.24, 2.45) is 0 Å². The van der Waals surface area contributed by atoms with Crippen molar-refractivity contribution < 1.29 is 22.4 Å². The number of piperazine rings is 1. The van der Waals surface area contributed by atoms with Gasteiger partial charge in [-0.05, 0) is 31.3 Å². The summed E-state index contributed by atoms with van der Waals surface area (Å²) in [6, 6.07) is 5.24. The highest BCUT2D eigenvalue weighted by molar-refractivity contribution is 6.08. The van der Waals surface area contributed by atoms with Gasteiger partial charge in [0, 0.05) is 38.8 Å². The Morgan fingerprint density at radius 2 is 1.81 bits per heavy atom. The fourth-order valence-corrected chi connectivity index (χ4v) is 3.63. The predicted octanol–water partition coefficient (Wildman–Crippen LogP) is 3.73. The van der Waals surface area contributed by atoms with E-state index in [1.165, 1.54) is 18.3 Å². The molecule has 9 nitrogen and oxygen atoms in total. The van der Waals surface area contributed by atoms with Crippen molar-refractivity contribution in [1.82, 2.24) is 24.8 Å². The number of carbonyl (C=O) groups is 1. The first-order valence-corrected chi connectivity index (χ1v) is 11.2. The molecule has 13 heteroatoms. The van der Waals surface area contributed by atoms with Crippen LogP contribution in [0.4, 0.5) is 41.0 Å². The van der Waals surface area contributed by atoms with E-state index in [0.717, 1.165) is 38.3 Å². The van der Waals surface area contributed by atoms with Crippen LogP contribution in [0.5, 0.6) is 0 Å². The third-order valence-electron chi connectivity index (χ3n) is 5.61. The van der Waals surface area contributed by atoms with Gasteiger partial charge in [-0.15, -0.1) is 0 Å². The summed E-state index contributed by atoms with van der Waals surface area (Å²) >= 11 is 0. The molecule has 1 saturated heterocycles. The molecule has 3 heterocycles. The monoisotopic (exact) mass is 504 g/mol. The number of hydrogen-bond acceptors (Lipinski definition) is 8. The van der Waals surface area contributed by atoms with Crippen LogP contribution in [0.3, 0.4) is 0 Å². The molecule has 0 aliphatic carbocycles. The highest BCUT2D eigenvalue weighted by atomic mass is 19.4. The summed E-state index contributed by atoms with van der Waals surface area (Å²) in [6.07, 6.45) is -2.94. The molecular formula is C23H24F4N8O. The van der Waals surface area contributed by atoms with Crippen molar-refractivity contribution in [3.05, 3.63) is 59.3 Å². The number of nitrogens with one attached hydrogen (secondary N) is 2. The Bertz CT molecular complexity index is 1250. The Balaban J connectivity index is 1.62. The molecule has 190 valence electrons. The Morgan fingerprint density at radius 1 is 1.06 bits per heavy atom. The highest BCUT2D eigenvalue weighted by Gasteiger charge is 2.35. The number of para-hydroxylation sites is 1. The molecule has 3 aromatic rings. The molecule has 2 aromatic heterocycles. The normalized spacial score (nSPS) is 14.6. The minimum absolute atomic E-state index is 0.00233. The maximum atomic E-state index is 14.3. The number of aromatic nitrogens is 4. The first-order chi connectivity index (χ1) is 17.2. The summed E-state index contributed by atoms with van der Waals surface area (Å²) in [4.78, 5) is 34.6. The standard InChI is InChI=1S/C23H24F4N8O/c1-3-17-29-21(33-22(30-17)35-12-10-34(2)11-13-35)32-19-14(6-5-9-28-19)20(36)31-18-15(23(25,26)27)7-4-8-16(18)24/h4-9H,3,10-13H2,1-2H3,(H,31,36)(H,28,29,30,32,33). The smallest absolute Gasteiger partial charge is 0.338 e. The Hall–Kier alpha value is -3.87. The largest absolute Gasteiger partial charge is 0.418 e. The maximum Gasteiger partial charge on any atom is 0.418 e. The lowest BCUT2D eigenvalue weighted by molar-refractivity contribution is -0.137. The molecule has 0 spiro atoms. The van der Waals surface area contributed by atoms with E-state index in [1.54, 1.807) is 0 Å². The van der Waals surface area contributed by atoms with Crippen molar-refractivity contribution >= 4 is 29.3 Å². The Kier molecular flexibility index (Phi) is 7.29. The first-order valence-electron chi connectivity index (χ1n) is 11.2. The molecule has 4 rings (SSSR count). The summed E-state index contributed by atoms with van der Waals surface area (Å²) < 4.78 is 54.3. The zero-order chi connectivity index (χ0) is 25.9. The van der Waals surface area contributed by atoms with Gasteiger partial charge >= 0.3 is 6.18 Å². The van der Waals surface area contributed by atoms with Crippen LogP contribution in [0.25, 0.3) is 0 Å². The molecule has 0 atom stereocenters. The fourth-order valence-electron chi connectivity index (χ4n) is 3.63. The number of alkyl halides is 3. The molecule has 1 fully saturated rings. The first kappa shape index (κ1) is 25.2. The van der Waals surface area contributed by atoms with E-state index >= 15 is 0 Å². The highest BCUT2D eigenvalue weighted by Crippen LogP contribution is 2.36. The molecule has 1 aliphatic rings. The predicted molar refractivity (Wildman–Crippen MR) is 126 cm³/mol. The lowest BCUT2D eigenvalue weighted by Crippen LogP contribution is -2.45. The second-order valence-corrected chi connectivity index (χ2v) is 8.16. The van der Waals surface area contributed by atoms with Gasteiger partial charge in [-0.25, -0.2) is 9.37 Å². The van der Waals surface area contributed by atoms with Crippen molar-refractivity contribution in [2.75, 3.05) is 48.8 Å². The minimum atomic E-state index is -4.86. The third-order valence-corrected chi connectivity index (χ3v) is 5.61. The van der Waals surface area contributed by atoms with Crippen LogP contribution in [-0.2, 0) is 12.6 Å². The van der Waals surface area contributed by atoms with Gasteiger partial charge in [-0.1, -0.05) is 13.0 Å². The second kappa shape index (κ2) is 10.4. The van der Waals surface area contributed by atoms with E-state index in [2.05, 4.69) is 30.2 Å². The average Bonchev–Trinajstić information content (AvgIpc) is 2.85. The number of pyridine rings is 1. The number of halogens is 4. The lowest BCUT2D eigenvalue weighted by Gasteiger charge is -2.32. The molecule has 1 aliphatic heterocycles. The number of hydrogen-bond donors (Lipinski definition) is 2. The van der Waals surface area contributed by atoms with E-state index in [1.807, 2.05) is 24.2 Å². The summed E-state index contributed by atoms with van der Waals surface area (Å²) in [5.74, 6) is -1.07. The van der Waals surface area contributed by atoms with Gasteiger partial charge in [0.05, 0.1) is 16.8 Å². The number of amides is 1. The molecule has 1 amide bonds. The van der Waals surface area contributed by atoms with Crippen LogP contribution in [0.2, 0.25) is 0 Å². The van der Waals surface area contributed by atoms with Crippen LogP contribution in [0, 0.1) is 5.82 Å². The summed E-state index contributed by atoms with van der Waals surface area (Å²) in [5.41, 5.74) is -2.37. The summed E-state index contributed by atoms with van der Waals surface area (Å²) in [7, 11) is 2.03. The van der Waals surface area contributed by atoms with Crippen molar-refractivity contribution in [3.8, 4) is 0 Å². The van der Waals surface area contributed by atoms with Crippen LogP contribution < -0.4 is 15.5 Å². The van der Waals surface area contributed by atoms with E-state index in [4.69, 9.17) is 0 Å². The second-order valence-electron chi connectivity index (χ2n) is 8.16. The number of likely N-dealkylation sites (N-methyl/N-ethyl adjacent to an activating group) is 1. The molecule has 0 radical (unpaired) electrons. The third kappa shape index (κ3) is 5.67. The summed E-state index contributed by atoms with van der Waals surface area (Å²) in [5, 5.41) is 4.91. The van der Waals surface area contributed by atoms with Crippen LogP contribution in [-0.4, -0.2) is 64.0 Å². The summed E-state index contributed by atoms with van der Waals surface area (Å²) in [6.45, 7) is 5.03. The minimum Gasteiger partial charge on any atom is -0.338 e. The molecule has 36 heavy (non-hydrogen) atoms.